The average molecular weight is 378 g/mol. The van der Waals surface area contributed by atoms with Crippen molar-refractivity contribution < 1.29 is 9.59 Å². The SMILES string of the molecule is Nc1ccncc1-c1cccc(C(=O)N2CCC[C@H](C(=O)N3CCCC3)C2)c1. The van der Waals surface area contributed by atoms with Crippen molar-refractivity contribution in [2.45, 2.75) is 25.7 Å². The second-order valence-electron chi connectivity index (χ2n) is 7.67. The summed E-state index contributed by atoms with van der Waals surface area (Å²) in [6, 6.07) is 9.24. The molecule has 2 aliphatic rings. The highest BCUT2D eigenvalue weighted by molar-refractivity contribution is 5.96. The molecule has 0 saturated carbocycles. The predicted octanol–water partition coefficient (Wildman–Crippen LogP) is 2.81. The van der Waals surface area contributed by atoms with Gasteiger partial charge in [0.1, 0.15) is 0 Å². The Hall–Kier alpha value is -2.89. The van der Waals surface area contributed by atoms with Gasteiger partial charge in [0.25, 0.3) is 5.91 Å². The standard InChI is InChI=1S/C22H26N4O2/c23-20-8-9-24-14-19(20)16-5-3-6-17(13-16)21(27)26-12-4-7-18(15-26)22(28)25-10-1-2-11-25/h3,5-6,8-9,13-14,18H,1-2,4,7,10-12,15H2,(H2,23,24)/t18-/m0/s1. The zero-order chi connectivity index (χ0) is 19.5. The van der Waals surface area contributed by atoms with E-state index in [1.807, 2.05) is 34.1 Å². The maximum atomic E-state index is 13.1. The Morgan fingerprint density at radius 1 is 1.04 bits per heavy atom. The van der Waals surface area contributed by atoms with Crippen LogP contribution in [0, 0.1) is 5.92 Å². The highest BCUT2D eigenvalue weighted by Crippen LogP contribution is 2.27. The van der Waals surface area contributed by atoms with E-state index in [2.05, 4.69) is 4.98 Å². The van der Waals surface area contributed by atoms with Gasteiger partial charge in [0.2, 0.25) is 5.91 Å². The first-order chi connectivity index (χ1) is 13.6. The Bertz CT molecular complexity index is 876. The Balaban J connectivity index is 1.50. The fourth-order valence-corrected chi connectivity index (χ4v) is 4.21. The number of benzene rings is 1. The van der Waals surface area contributed by atoms with E-state index >= 15 is 0 Å². The number of likely N-dealkylation sites (tertiary alicyclic amines) is 2. The van der Waals surface area contributed by atoms with E-state index < -0.39 is 0 Å². The second kappa shape index (κ2) is 8.00. The van der Waals surface area contributed by atoms with Crippen LogP contribution in [-0.4, -0.2) is 52.8 Å². The van der Waals surface area contributed by atoms with Crippen molar-refractivity contribution in [3.63, 3.8) is 0 Å². The molecule has 6 nitrogen and oxygen atoms in total. The van der Waals surface area contributed by atoms with Crippen LogP contribution in [0.5, 0.6) is 0 Å². The maximum Gasteiger partial charge on any atom is 0.253 e. The van der Waals surface area contributed by atoms with E-state index in [1.165, 1.54) is 0 Å². The first-order valence-electron chi connectivity index (χ1n) is 10.0. The van der Waals surface area contributed by atoms with Crippen molar-refractivity contribution in [1.82, 2.24) is 14.8 Å². The van der Waals surface area contributed by atoms with E-state index in [1.54, 1.807) is 18.5 Å². The number of amides is 2. The fraction of sp³-hybridized carbons (Fsp3) is 0.409. The van der Waals surface area contributed by atoms with Crippen LogP contribution in [0.15, 0.2) is 42.7 Å². The Kier molecular flexibility index (Phi) is 5.28. The molecule has 1 atom stereocenters. The minimum absolute atomic E-state index is 0.0248. The van der Waals surface area contributed by atoms with Crippen LogP contribution in [-0.2, 0) is 4.79 Å². The number of rotatable bonds is 3. The molecule has 28 heavy (non-hydrogen) atoms. The molecule has 3 heterocycles. The van der Waals surface area contributed by atoms with Crippen LogP contribution in [0.4, 0.5) is 5.69 Å². The summed E-state index contributed by atoms with van der Waals surface area (Å²) in [4.78, 5) is 33.8. The molecule has 2 N–H and O–H groups in total. The lowest BCUT2D eigenvalue weighted by Gasteiger charge is -2.34. The molecule has 0 radical (unpaired) electrons. The van der Waals surface area contributed by atoms with Gasteiger partial charge in [-0.15, -0.1) is 0 Å². The number of nitrogen functional groups attached to an aromatic ring is 1. The van der Waals surface area contributed by atoms with Gasteiger partial charge in [0.05, 0.1) is 5.92 Å². The molecule has 0 aliphatic carbocycles. The van der Waals surface area contributed by atoms with Gasteiger partial charge in [0.15, 0.2) is 0 Å². The van der Waals surface area contributed by atoms with Gasteiger partial charge < -0.3 is 15.5 Å². The number of carbonyl (C=O) groups is 2. The summed E-state index contributed by atoms with van der Waals surface area (Å²) in [5.74, 6) is 0.114. The molecular formula is C22H26N4O2. The molecule has 2 fully saturated rings. The molecule has 2 saturated heterocycles. The van der Waals surface area contributed by atoms with E-state index in [4.69, 9.17) is 5.73 Å². The van der Waals surface area contributed by atoms with Gasteiger partial charge in [-0.05, 0) is 49.4 Å². The lowest BCUT2D eigenvalue weighted by Crippen LogP contribution is -2.46. The molecule has 146 valence electrons. The minimum atomic E-state index is -0.0760. The lowest BCUT2D eigenvalue weighted by molar-refractivity contribution is -0.135. The quantitative estimate of drug-likeness (QED) is 0.891. The number of hydrogen-bond acceptors (Lipinski definition) is 4. The zero-order valence-electron chi connectivity index (χ0n) is 16.0. The monoisotopic (exact) mass is 378 g/mol. The third-order valence-electron chi connectivity index (χ3n) is 5.75. The topological polar surface area (TPSA) is 79.5 Å². The lowest BCUT2D eigenvalue weighted by atomic mass is 9.95. The molecule has 2 aromatic rings. The number of hydrogen-bond donors (Lipinski definition) is 1. The van der Waals surface area contributed by atoms with Crippen molar-refractivity contribution >= 4 is 17.5 Å². The van der Waals surface area contributed by atoms with Crippen LogP contribution in [0.2, 0.25) is 0 Å². The molecule has 0 unspecified atom stereocenters. The molecule has 0 bridgehead atoms. The number of carbonyl (C=O) groups excluding carboxylic acids is 2. The molecule has 1 aromatic carbocycles. The Labute approximate surface area is 165 Å². The molecule has 2 amide bonds. The second-order valence-corrected chi connectivity index (χ2v) is 7.67. The highest BCUT2D eigenvalue weighted by atomic mass is 16.2. The van der Waals surface area contributed by atoms with Crippen LogP contribution >= 0.6 is 0 Å². The number of piperidine rings is 1. The van der Waals surface area contributed by atoms with Gasteiger partial charge >= 0.3 is 0 Å². The summed E-state index contributed by atoms with van der Waals surface area (Å²) in [6.07, 6.45) is 7.27. The van der Waals surface area contributed by atoms with Gasteiger partial charge in [0, 0.05) is 55.4 Å². The summed E-state index contributed by atoms with van der Waals surface area (Å²) in [5, 5.41) is 0. The summed E-state index contributed by atoms with van der Waals surface area (Å²) < 4.78 is 0. The molecule has 4 rings (SSSR count). The van der Waals surface area contributed by atoms with Crippen molar-refractivity contribution in [2.75, 3.05) is 31.9 Å². The average Bonchev–Trinajstić information content (AvgIpc) is 3.28. The van der Waals surface area contributed by atoms with Crippen LogP contribution in [0.25, 0.3) is 11.1 Å². The van der Waals surface area contributed by atoms with E-state index in [0.29, 0.717) is 24.3 Å². The third-order valence-corrected chi connectivity index (χ3v) is 5.75. The minimum Gasteiger partial charge on any atom is -0.398 e. The number of pyridine rings is 1. The molecule has 2 aliphatic heterocycles. The number of anilines is 1. The summed E-state index contributed by atoms with van der Waals surface area (Å²) in [5.41, 5.74) is 9.00. The van der Waals surface area contributed by atoms with Crippen molar-refractivity contribution in [3.8, 4) is 11.1 Å². The van der Waals surface area contributed by atoms with Crippen molar-refractivity contribution in [1.29, 1.82) is 0 Å². The van der Waals surface area contributed by atoms with Gasteiger partial charge in [-0.2, -0.15) is 0 Å². The van der Waals surface area contributed by atoms with Crippen LogP contribution in [0.1, 0.15) is 36.0 Å². The number of nitrogens with zero attached hydrogens (tertiary/aromatic N) is 3. The molecule has 0 spiro atoms. The van der Waals surface area contributed by atoms with Crippen molar-refractivity contribution in [3.05, 3.63) is 48.3 Å². The zero-order valence-corrected chi connectivity index (χ0v) is 16.0. The van der Waals surface area contributed by atoms with Gasteiger partial charge in [-0.1, -0.05) is 12.1 Å². The Morgan fingerprint density at radius 3 is 2.61 bits per heavy atom. The number of aromatic nitrogens is 1. The Morgan fingerprint density at radius 2 is 1.82 bits per heavy atom. The van der Waals surface area contributed by atoms with E-state index in [0.717, 1.165) is 49.9 Å². The van der Waals surface area contributed by atoms with Crippen LogP contribution in [0.3, 0.4) is 0 Å². The third kappa shape index (κ3) is 3.72. The largest absolute Gasteiger partial charge is 0.398 e. The van der Waals surface area contributed by atoms with Gasteiger partial charge in [-0.3, -0.25) is 14.6 Å². The first kappa shape index (κ1) is 18.5. The normalized spacial score (nSPS) is 19.6. The fourth-order valence-electron chi connectivity index (χ4n) is 4.21. The molecule has 6 heteroatoms. The molecular weight excluding hydrogens is 352 g/mol. The van der Waals surface area contributed by atoms with Gasteiger partial charge in [-0.25, -0.2) is 0 Å². The van der Waals surface area contributed by atoms with E-state index in [9.17, 15) is 9.59 Å². The number of nitrogens with two attached hydrogens (primary N) is 1. The smallest absolute Gasteiger partial charge is 0.253 e. The summed E-state index contributed by atoms with van der Waals surface area (Å²) >= 11 is 0. The highest BCUT2D eigenvalue weighted by Gasteiger charge is 2.32. The predicted molar refractivity (Wildman–Crippen MR) is 109 cm³/mol. The van der Waals surface area contributed by atoms with E-state index in [-0.39, 0.29) is 17.7 Å². The summed E-state index contributed by atoms with van der Waals surface area (Å²) in [7, 11) is 0. The maximum absolute atomic E-state index is 13.1. The first-order valence-corrected chi connectivity index (χ1v) is 10.0. The molecule has 1 aromatic heterocycles. The van der Waals surface area contributed by atoms with Crippen molar-refractivity contribution in [2.24, 2.45) is 5.92 Å². The summed E-state index contributed by atoms with van der Waals surface area (Å²) in [6.45, 7) is 2.92. The van der Waals surface area contributed by atoms with Crippen LogP contribution < -0.4 is 5.73 Å².